The molecule has 0 radical (unpaired) electrons. The van der Waals surface area contributed by atoms with Gasteiger partial charge in [-0.3, -0.25) is 9.59 Å². The minimum Gasteiger partial charge on any atom is -0.481 e. The zero-order valence-electron chi connectivity index (χ0n) is 15.4. The zero-order chi connectivity index (χ0) is 19.8. The Kier molecular flexibility index (Phi) is 8.94. The van der Waals surface area contributed by atoms with E-state index in [1.54, 1.807) is 20.8 Å². The summed E-state index contributed by atoms with van der Waals surface area (Å²) in [6.45, 7) is 8.67. The maximum Gasteiger partial charge on any atom is 0.426 e. The van der Waals surface area contributed by atoms with Gasteiger partial charge in [0.1, 0.15) is 5.60 Å². The summed E-state index contributed by atoms with van der Waals surface area (Å²) in [5, 5.41) is 18.8. The lowest BCUT2D eigenvalue weighted by molar-refractivity contribution is -0.154. The van der Waals surface area contributed by atoms with E-state index in [9.17, 15) is 24.3 Å². The molecule has 0 spiro atoms. The first-order valence-electron chi connectivity index (χ1n) is 8.09. The quantitative estimate of drug-likeness (QED) is 0.564. The Morgan fingerprint density at radius 1 is 1.04 bits per heavy atom. The van der Waals surface area contributed by atoms with E-state index in [1.807, 2.05) is 13.8 Å². The topological polar surface area (TPSA) is 133 Å². The van der Waals surface area contributed by atoms with Crippen molar-refractivity contribution in [3.8, 4) is 0 Å². The molecule has 0 bridgehead atoms. The molecule has 0 saturated carbocycles. The van der Waals surface area contributed by atoms with Crippen LogP contribution in [0.15, 0.2) is 0 Å². The third kappa shape index (κ3) is 10.2. The van der Waals surface area contributed by atoms with Crippen LogP contribution in [-0.2, 0) is 19.1 Å². The smallest absolute Gasteiger partial charge is 0.426 e. The van der Waals surface area contributed by atoms with Crippen LogP contribution in [0, 0.1) is 5.92 Å². The largest absolute Gasteiger partial charge is 0.481 e. The van der Waals surface area contributed by atoms with Crippen LogP contribution >= 0.6 is 0 Å². The molecule has 0 unspecified atom stereocenters. The van der Waals surface area contributed by atoms with Crippen LogP contribution < -0.4 is 5.43 Å². The molecule has 2 amide bonds. The van der Waals surface area contributed by atoms with Crippen molar-refractivity contribution in [2.24, 2.45) is 5.92 Å². The van der Waals surface area contributed by atoms with Gasteiger partial charge in [0.2, 0.25) is 5.91 Å². The molecule has 0 aromatic rings. The van der Waals surface area contributed by atoms with Gasteiger partial charge in [-0.25, -0.2) is 20.0 Å². The Labute approximate surface area is 147 Å². The van der Waals surface area contributed by atoms with E-state index in [0.29, 0.717) is 11.4 Å². The molecule has 1 atom stereocenters. The molecule has 9 nitrogen and oxygen atoms in total. The second-order valence-corrected chi connectivity index (χ2v) is 7.10. The maximum atomic E-state index is 12.4. The predicted molar refractivity (Wildman–Crippen MR) is 88.6 cm³/mol. The van der Waals surface area contributed by atoms with Crippen LogP contribution in [0.25, 0.3) is 0 Å². The van der Waals surface area contributed by atoms with E-state index in [2.05, 4.69) is 5.43 Å². The average Bonchev–Trinajstić information content (AvgIpc) is 2.40. The van der Waals surface area contributed by atoms with Crippen LogP contribution in [0.3, 0.4) is 0 Å². The summed E-state index contributed by atoms with van der Waals surface area (Å²) < 4.78 is 5.05. The lowest BCUT2D eigenvalue weighted by atomic mass is 10.1. The van der Waals surface area contributed by atoms with Gasteiger partial charge in [0.15, 0.2) is 6.04 Å². The fourth-order valence-corrected chi connectivity index (χ4v) is 1.87. The van der Waals surface area contributed by atoms with Gasteiger partial charge in [-0.05, 0) is 39.5 Å². The van der Waals surface area contributed by atoms with Crippen molar-refractivity contribution in [2.75, 3.05) is 0 Å². The molecule has 0 fully saturated rings. The molecule has 0 aliphatic heterocycles. The van der Waals surface area contributed by atoms with E-state index in [0.717, 1.165) is 0 Å². The van der Waals surface area contributed by atoms with Gasteiger partial charge >= 0.3 is 18.0 Å². The number of aliphatic carboxylic acids is 2. The molecule has 9 heteroatoms. The molecule has 0 rings (SSSR count). The molecule has 144 valence electrons. The van der Waals surface area contributed by atoms with Crippen molar-refractivity contribution >= 4 is 23.9 Å². The first kappa shape index (κ1) is 22.7. The van der Waals surface area contributed by atoms with Crippen molar-refractivity contribution < 1.29 is 34.1 Å². The number of hydrogen-bond acceptors (Lipinski definition) is 5. The monoisotopic (exact) mass is 360 g/mol. The number of hydrogen-bond donors (Lipinski definition) is 3. The summed E-state index contributed by atoms with van der Waals surface area (Å²) in [5.41, 5.74) is 1.31. The lowest BCUT2D eigenvalue weighted by Gasteiger charge is -2.30. The number of nitrogens with one attached hydrogen (secondary N) is 1. The molecule has 0 aliphatic rings. The fraction of sp³-hybridized carbons (Fsp3) is 0.750. The maximum absolute atomic E-state index is 12.4. The van der Waals surface area contributed by atoms with Crippen molar-refractivity contribution in [3.05, 3.63) is 0 Å². The van der Waals surface area contributed by atoms with Crippen molar-refractivity contribution in [2.45, 2.75) is 71.9 Å². The molecule has 0 aromatic heterocycles. The van der Waals surface area contributed by atoms with Crippen LogP contribution in [0.1, 0.15) is 60.3 Å². The molecular weight excluding hydrogens is 332 g/mol. The highest BCUT2D eigenvalue weighted by atomic mass is 16.6. The Morgan fingerprint density at radius 2 is 1.60 bits per heavy atom. The van der Waals surface area contributed by atoms with Crippen LogP contribution in [-0.4, -0.2) is 50.8 Å². The standard InChI is InChI=1S/C16H28N2O7/c1-10(2)6-8-12(19)18(17-15(24)25-16(3,4)5)11(14(22)23)7-9-13(20)21/h10-11H,6-9H2,1-5H3,(H,17,24)(H,20,21)(H,22,23)/t11-/m1/s1. The van der Waals surface area contributed by atoms with Crippen molar-refractivity contribution in [1.29, 1.82) is 0 Å². The second-order valence-electron chi connectivity index (χ2n) is 7.10. The predicted octanol–water partition coefficient (Wildman–Crippen LogP) is 2.01. The highest BCUT2D eigenvalue weighted by Gasteiger charge is 2.32. The van der Waals surface area contributed by atoms with Gasteiger partial charge < -0.3 is 14.9 Å². The minimum absolute atomic E-state index is 0.0182. The number of ether oxygens (including phenoxy) is 1. The Hall–Kier alpha value is -2.32. The molecule has 0 aliphatic carbocycles. The number of carbonyl (C=O) groups excluding carboxylic acids is 2. The number of carbonyl (C=O) groups is 4. The summed E-state index contributed by atoms with van der Waals surface area (Å²) in [7, 11) is 0. The summed E-state index contributed by atoms with van der Waals surface area (Å²) in [6.07, 6.45) is -1.26. The summed E-state index contributed by atoms with van der Waals surface area (Å²) in [4.78, 5) is 46.5. The third-order valence-corrected chi connectivity index (χ3v) is 3.04. The van der Waals surface area contributed by atoms with E-state index in [4.69, 9.17) is 9.84 Å². The molecular formula is C16H28N2O7. The van der Waals surface area contributed by atoms with E-state index in [1.165, 1.54) is 0 Å². The number of carboxylic acids is 2. The first-order valence-corrected chi connectivity index (χ1v) is 8.09. The molecule has 3 N–H and O–H groups in total. The highest BCUT2D eigenvalue weighted by molar-refractivity contribution is 5.85. The van der Waals surface area contributed by atoms with Gasteiger partial charge in [-0.1, -0.05) is 13.8 Å². The van der Waals surface area contributed by atoms with Gasteiger partial charge in [0, 0.05) is 12.8 Å². The normalized spacial score (nSPS) is 12.4. The van der Waals surface area contributed by atoms with E-state index in [-0.39, 0.29) is 18.8 Å². The Balaban J connectivity index is 5.31. The minimum atomic E-state index is -1.50. The fourth-order valence-electron chi connectivity index (χ4n) is 1.87. The van der Waals surface area contributed by atoms with Crippen LogP contribution in [0.4, 0.5) is 4.79 Å². The number of nitrogens with zero attached hydrogens (tertiary/aromatic N) is 1. The zero-order valence-corrected chi connectivity index (χ0v) is 15.4. The van der Waals surface area contributed by atoms with Crippen molar-refractivity contribution in [3.63, 3.8) is 0 Å². The van der Waals surface area contributed by atoms with Crippen LogP contribution in [0.2, 0.25) is 0 Å². The molecule has 25 heavy (non-hydrogen) atoms. The molecule has 0 heterocycles. The Bertz CT molecular complexity index is 497. The van der Waals surface area contributed by atoms with Gasteiger partial charge in [-0.15, -0.1) is 0 Å². The third-order valence-electron chi connectivity index (χ3n) is 3.04. The number of rotatable bonds is 8. The number of carboxylic acid groups (broad SMARTS) is 2. The van der Waals surface area contributed by atoms with Gasteiger partial charge in [0.05, 0.1) is 0 Å². The van der Waals surface area contributed by atoms with Gasteiger partial charge in [0.25, 0.3) is 0 Å². The lowest BCUT2D eigenvalue weighted by Crippen LogP contribution is -2.55. The summed E-state index contributed by atoms with van der Waals surface area (Å²) in [6, 6.07) is -1.50. The molecule has 0 aromatic carbocycles. The van der Waals surface area contributed by atoms with Crippen LogP contribution in [0.5, 0.6) is 0 Å². The first-order chi connectivity index (χ1) is 11.3. The van der Waals surface area contributed by atoms with E-state index >= 15 is 0 Å². The van der Waals surface area contributed by atoms with Gasteiger partial charge in [-0.2, -0.15) is 0 Å². The number of amides is 2. The molecule has 0 saturated heterocycles. The highest BCUT2D eigenvalue weighted by Crippen LogP contribution is 2.13. The second kappa shape index (κ2) is 9.85. The number of hydrazine groups is 1. The Morgan fingerprint density at radius 3 is 2.00 bits per heavy atom. The average molecular weight is 360 g/mol. The summed E-state index contributed by atoms with van der Waals surface area (Å²) in [5.74, 6) is -3.01. The SMILES string of the molecule is CC(C)CCC(=O)N(NC(=O)OC(C)(C)C)[C@H](CCC(=O)O)C(=O)O. The van der Waals surface area contributed by atoms with E-state index < -0.39 is 42.0 Å². The van der Waals surface area contributed by atoms with Crippen molar-refractivity contribution in [1.82, 2.24) is 10.4 Å². The summed E-state index contributed by atoms with van der Waals surface area (Å²) >= 11 is 0.